The molecular formula is C23H29ClN4O+2. The summed E-state index contributed by atoms with van der Waals surface area (Å²) in [5.41, 5.74) is 3.33. The first-order chi connectivity index (χ1) is 14.0. The summed E-state index contributed by atoms with van der Waals surface area (Å²) in [6, 6.07) is 18.2. The van der Waals surface area contributed by atoms with Crippen LogP contribution in [-0.4, -0.2) is 45.2 Å². The van der Waals surface area contributed by atoms with Gasteiger partial charge in [0.15, 0.2) is 6.54 Å². The van der Waals surface area contributed by atoms with Gasteiger partial charge in [-0.25, -0.2) is 0 Å². The van der Waals surface area contributed by atoms with E-state index >= 15 is 0 Å². The molecule has 0 radical (unpaired) electrons. The number of benzene rings is 2. The number of carbonyl (C=O) groups is 1. The number of carbonyl (C=O) groups excluding carboxylic acids is 1. The number of anilines is 1. The Morgan fingerprint density at radius 1 is 1.03 bits per heavy atom. The van der Waals surface area contributed by atoms with E-state index in [-0.39, 0.29) is 5.91 Å². The summed E-state index contributed by atoms with van der Waals surface area (Å²) in [6.07, 6.45) is 0.341. The van der Waals surface area contributed by atoms with E-state index in [9.17, 15) is 4.79 Å². The van der Waals surface area contributed by atoms with Gasteiger partial charge in [0, 0.05) is 22.8 Å². The zero-order valence-corrected chi connectivity index (χ0v) is 17.7. The number of hydrogen-bond donors (Lipinski definition) is 2. The highest BCUT2D eigenvalue weighted by atomic mass is 35.5. The standard InChI is InChI=1S/C23H27ClN4O/c1-19-3-9-22(10-4-19)28(12-2-11-25)23(29)18-27-15-13-26(14-16-27)17-20-5-7-21(24)8-6-20/h3-10H,2,12-18H2,1H3/p+2. The molecule has 1 aliphatic heterocycles. The molecule has 1 aliphatic rings. The summed E-state index contributed by atoms with van der Waals surface area (Å²) in [7, 11) is 0. The van der Waals surface area contributed by atoms with Gasteiger partial charge in [-0.1, -0.05) is 41.4 Å². The average molecular weight is 413 g/mol. The van der Waals surface area contributed by atoms with Crippen molar-refractivity contribution in [1.82, 2.24) is 0 Å². The van der Waals surface area contributed by atoms with Crippen molar-refractivity contribution < 1.29 is 14.6 Å². The van der Waals surface area contributed by atoms with Crippen LogP contribution < -0.4 is 14.7 Å². The predicted octanol–water partition coefficient (Wildman–Crippen LogP) is 0.879. The molecule has 0 aliphatic carbocycles. The van der Waals surface area contributed by atoms with Crippen LogP contribution in [0.3, 0.4) is 0 Å². The Hall–Kier alpha value is -2.39. The fourth-order valence-electron chi connectivity index (χ4n) is 3.80. The van der Waals surface area contributed by atoms with Gasteiger partial charge >= 0.3 is 0 Å². The number of nitrogens with one attached hydrogen (secondary N) is 2. The fourth-order valence-corrected chi connectivity index (χ4v) is 3.92. The molecule has 2 aromatic rings. The summed E-state index contributed by atoms with van der Waals surface area (Å²) >= 11 is 5.97. The molecule has 1 saturated heterocycles. The zero-order chi connectivity index (χ0) is 20.6. The SMILES string of the molecule is Cc1ccc(N(CCC#N)C(=O)C[NH+]2CC[NH+](Cc3ccc(Cl)cc3)CC2)cc1. The molecule has 152 valence electrons. The smallest absolute Gasteiger partial charge is 0.282 e. The lowest BCUT2D eigenvalue weighted by Crippen LogP contribution is -3.28. The number of rotatable bonds is 7. The van der Waals surface area contributed by atoms with Crippen molar-refractivity contribution in [3.8, 4) is 6.07 Å². The van der Waals surface area contributed by atoms with Gasteiger partial charge in [-0.15, -0.1) is 0 Å². The van der Waals surface area contributed by atoms with Crippen molar-refractivity contribution in [3.05, 3.63) is 64.7 Å². The number of nitriles is 1. The Morgan fingerprint density at radius 2 is 1.66 bits per heavy atom. The van der Waals surface area contributed by atoms with E-state index in [4.69, 9.17) is 16.9 Å². The van der Waals surface area contributed by atoms with Crippen LogP contribution in [0.15, 0.2) is 48.5 Å². The first kappa shape index (κ1) is 21.3. The maximum atomic E-state index is 13.0. The number of aryl methyl sites for hydroxylation is 1. The van der Waals surface area contributed by atoms with Gasteiger partial charge in [-0.05, 0) is 31.2 Å². The largest absolute Gasteiger partial charge is 0.322 e. The van der Waals surface area contributed by atoms with Gasteiger partial charge in [-0.3, -0.25) is 4.79 Å². The highest BCUT2D eigenvalue weighted by Crippen LogP contribution is 2.15. The molecule has 1 amide bonds. The summed E-state index contributed by atoms with van der Waals surface area (Å²) in [6.45, 7) is 8.01. The minimum absolute atomic E-state index is 0.0975. The van der Waals surface area contributed by atoms with Crippen molar-refractivity contribution in [2.24, 2.45) is 0 Å². The van der Waals surface area contributed by atoms with E-state index in [1.165, 1.54) is 10.5 Å². The van der Waals surface area contributed by atoms with Gasteiger partial charge in [0.05, 0.1) is 12.5 Å². The van der Waals surface area contributed by atoms with Gasteiger partial charge < -0.3 is 14.7 Å². The number of halogens is 1. The van der Waals surface area contributed by atoms with E-state index in [0.29, 0.717) is 19.5 Å². The molecule has 2 N–H and O–H groups in total. The molecular weight excluding hydrogens is 384 g/mol. The second kappa shape index (κ2) is 10.4. The third-order valence-electron chi connectivity index (χ3n) is 5.53. The summed E-state index contributed by atoms with van der Waals surface area (Å²) in [5, 5.41) is 9.74. The van der Waals surface area contributed by atoms with Crippen molar-refractivity contribution in [2.75, 3.05) is 44.2 Å². The Kier molecular flexibility index (Phi) is 7.65. The highest BCUT2D eigenvalue weighted by Gasteiger charge is 2.27. The number of amides is 1. The molecule has 0 bridgehead atoms. The molecule has 1 heterocycles. The van der Waals surface area contributed by atoms with Crippen LogP contribution >= 0.6 is 11.6 Å². The number of hydrogen-bond acceptors (Lipinski definition) is 2. The van der Waals surface area contributed by atoms with Crippen LogP contribution in [-0.2, 0) is 11.3 Å². The van der Waals surface area contributed by atoms with Crippen molar-refractivity contribution in [1.29, 1.82) is 5.26 Å². The lowest BCUT2D eigenvalue weighted by molar-refractivity contribution is -1.02. The molecule has 0 unspecified atom stereocenters. The Labute approximate surface area is 178 Å². The summed E-state index contributed by atoms with van der Waals surface area (Å²) < 4.78 is 0. The van der Waals surface area contributed by atoms with Crippen LogP contribution in [0.1, 0.15) is 17.5 Å². The molecule has 0 saturated carbocycles. The number of quaternary nitrogens is 2. The van der Waals surface area contributed by atoms with Crippen molar-refractivity contribution in [3.63, 3.8) is 0 Å². The van der Waals surface area contributed by atoms with E-state index in [0.717, 1.165) is 49.0 Å². The number of nitrogens with zero attached hydrogens (tertiary/aromatic N) is 2. The Bertz CT molecular complexity index is 837. The molecule has 0 aromatic heterocycles. The second-order valence-electron chi connectivity index (χ2n) is 7.77. The van der Waals surface area contributed by atoms with E-state index in [1.807, 2.05) is 43.3 Å². The summed E-state index contributed by atoms with van der Waals surface area (Å²) in [5.74, 6) is 0.0975. The van der Waals surface area contributed by atoms with Crippen LogP contribution in [0.25, 0.3) is 0 Å². The molecule has 1 fully saturated rings. The van der Waals surface area contributed by atoms with Crippen molar-refractivity contribution >= 4 is 23.2 Å². The van der Waals surface area contributed by atoms with Gasteiger partial charge in [0.2, 0.25) is 0 Å². The minimum Gasteiger partial charge on any atom is -0.322 e. The predicted molar refractivity (Wildman–Crippen MR) is 115 cm³/mol. The monoisotopic (exact) mass is 412 g/mol. The maximum absolute atomic E-state index is 13.0. The van der Waals surface area contributed by atoms with E-state index in [1.54, 1.807) is 9.80 Å². The van der Waals surface area contributed by atoms with Crippen molar-refractivity contribution in [2.45, 2.75) is 19.9 Å². The third kappa shape index (κ3) is 6.30. The van der Waals surface area contributed by atoms with E-state index in [2.05, 4.69) is 18.2 Å². The lowest BCUT2D eigenvalue weighted by Gasteiger charge is -2.31. The Balaban J connectivity index is 1.53. The molecule has 0 spiro atoms. The lowest BCUT2D eigenvalue weighted by atomic mass is 10.2. The van der Waals surface area contributed by atoms with Crippen LogP contribution in [0.2, 0.25) is 5.02 Å². The van der Waals surface area contributed by atoms with Crippen LogP contribution in [0, 0.1) is 18.3 Å². The van der Waals surface area contributed by atoms with Gasteiger partial charge in [-0.2, -0.15) is 5.26 Å². The van der Waals surface area contributed by atoms with Crippen LogP contribution in [0.5, 0.6) is 0 Å². The zero-order valence-electron chi connectivity index (χ0n) is 17.0. The molecule has 0 atom stereocenters. The van der Waals surface area contributed by atoms with Gasteiger partial charge in [0.1, 0.15) is 32.7 Å². The molecule has 2 aromatic carbocycles. The Morgan fingerprint density at radius 3 is 2.28 bits per heavy atom. The topological polar surface area (TPSA) is 53.0 Å². The maximum Gasteiger partial charge on any atom is 0.282 e. The molecule has 5 nitrogen and oxygen atoms in total. The fraction of sp³-hybridized carbons (Fsp3) is 0.391. The molecule has 29 heavy (non-hydrogen) atoms. The van der Waals surface area contributed by atoms with E-state index < -0.39 is 0 Å². The van der Waals surface area contributed by atoms with Gasteiger partial charge in [0.25, 0.3) is 5.91 Å². The number of piperazine rings is 1. The summed E-state index contributed by atoms with van der Waals surface area (Å²) in [4.78, 5) is 17.6. The first-order valence-corrected chi connectivity index (χ1v) is 10.6. The third-order valence-corrected chi connectivity index (χ3v) is 5.78. The highest BCUT2D eigenvalue weighted by molar-refractivity contribution is 6.30. The average Bonchev–Trinajstić information content (AvgIpc) is 2.73. The van der Waals surface area contributed by atoms with Crippen LogP contribution in [0.4, 0.5) is 5.69 Å². The molecule has 3 rings (SSSR count). The first-order valence-electron chi connectivity index (χ1n) is 10.2. The molecule has 6 heteroatoms. The second-order valence-corrected chi connectivity index (χ2v) is 8.21. The quantitative estimate of drug-likeness (QED) is 0.709. The normalized spacial score (nSPS) is 18.8. The minimum atomic E-state index is 0.0975.